The van der Waals surface area contributed by atoms with Crippen molar-refractivity contribution in [3.8, 4) is 0 Å². The van der Waals surface area contributed by atoms with Crippen LogP contribution in [0.3, 0.4) is 0 Å². The molecular weight excluding hydrogens is 222 g/mol. The largest absolute Gasteiger partial charge is 0.339 e. The predicted octanol–water partition coefficient (Wildman–Crippen LogP) is 3.12. The van der Waals surface area contributed by atoms with Crippen LogP contribution < -0.4 is 0 Å². The topological polar surface area (TPSA) is 20.3 Å². The zero-order valence-corrected chi connectivity index (χ0v) is 11.6. The molecule has 0 radical (unpaired) electrons. The SMILES string of the molecule is CC(C)C(=O)N1C[C@@H](C)C[C@@H]1Cc1ccccc1. The first kappa shape index (κ1) is 13.1. The average Bonchev–Trinajstić information content (AvgIpc) is 2.70. The van der Waals surface area contributed by atoms with Gasteiger partial charge in [0.25, 0.3) is 0 Å². The zero-order valence-electron chi connectivity index (χ0n) is 11.6. The zero-order chi connectivity index (χ0) is 13.1. The minimum atomic E-state index is 0.105. The van der Waals surface area contributed by atoms with Gasteiger partial charge in [0.2, 0.25) is 5.91 Å². The highest BCUT2D eigenvalue weighted by molar-refractivity contribution is 5.78. The van der Waals surface area contributed by atoms with Crippen LogP contribution in [0.15, 0.2) is 30.3 Å². The number of likely N-dealkylation sites (tertiary alicyclic amines) is 1. The molecule has 1 saturated heterocycles. The number of carbonyl (C=O) groups is 1. The van der Waals surface area contributed by atoms with Gasteiger partial charge in [-0.25, -0.2) is 0 Å². The highest BCUT2D eigenvalue weighted by atomic mass is 16.2. The smallest absolute Gasteiger partial charge is 0.225 e. The standard InChI is InChI=1S/C16H23NO/c1-12(2)16(18)17-11-13(3)9-15(17)10-14-7-5-4-6-8-14/h4-8,12-13,15H,9-11H2,1-3H3/t13-,15+/m0/s1. The number of amides is 1. The Labute approximate surface area is 110 Å². The summed E-state index contributed by atoms with van der Waals surface area (Å²) in [6.07, 6.45) is 2.12. The van der Waals surface area contributed by atoms with Crippen LogP contribution in [0.2, 0.25) is 0 Å². The molecule has 2 heteroatoms. The molecule has 1 aromatic rings. The Bertz CT molecular complexity index is 399. The molecule has 98 valence electrons. The molecule has 1 heterocycles. The summed E-state index contributed by atoms with van der Waals surface area (Å²) in [7, 11) is 0. The van der Waals surface area contributed by atoms with Crippen molar-refractivity contribution in [3.05, 3.63) is 35.9 Å². The van der Waals surface area contributed by atoms with Gasteiger partial charge in [0.1, 0.15) is 0 Å². The summed E-state index contributed by atoms with van der Waals surface area (Å²) in [5.41, 5.74) is 1.33. The highest BCUT2D eigenvalue weighted by Gasteiger charge is 2.33. The van der Waals surface area contributed by atoms with Gasteiger partial charge in [-0.3, -0.25) is 4.79 Å². The van der Waals surface area contributed by atoms with Gasteiger partial charge in [-0.15, -0.1) is 0 Å². The first-order chi connectivity index (χ1) is 8.58. The second kappa shape index (κ2) is 5.55. The number of hydrogen-bond donors (Lipinski definition) is 0. The first-order valence-corrected chi connectivity index (χ1v) is 6.92. The maximum atomic E-state index is 12.2. The molecule has 1 fully saturated rings. The van der Waals surface area contributed by atoms with Crippen molar-refractivity contribution in [1.82, 2.24) is 4.90 Å². The molecule has 0 spiro atoms. The van der Waals surface area contributed by atoms with E-state index in [1.54, 1.807) is 0 Å². The summed E-state index contributed by atoms with van der Waals surface area (Å²) in [4.78, 5) is 14.3. The van der Waals surface area contributed by atoms with E-state index in [9.17, 15) is 4.79 Å². The van der Waals surface area contributed by atoms with Gasteiger partial charge in [0.15, 0.2) is 0 Å². The van der Waals surface area contributed by atoms with E-state index in [2.05, 4.69) is 36.1 Å². The van der Waals surface area contributed by atoms with Crippen molar-refractivity contribution < 1.29 is 4.79 Å². The molecule has 2 rings (SSSR count). The van der Waals surface area contributed by atoms with Crippen molar-refractivity contribution in [2.24, 2.45) is 11.8 Å². The third kappa shape index (κ3) is 2.92. The average molecular weight is 245 g/mol. The van der Waals surface area contributed by atoms with Crippen LogP contribution in [0.1, 0.15) is 32.8 Å². The van der Waals surface area contributed by atoms with Gasteiger partial charge >= 0.3 is 0 Å². The molecule has 2 nitrogen and oxygen atoms in total. The summed E-state index contributed by atoms with van der Waals surface area (Å²) in [6.45, 7) is 7.15. The third-order valence-corrected chi connectivity index (χ3v) is 3.71. The molecule has 0 unspecified atom stereocenters. The summed E-state index contributed by atoms with van der Waals surface area (Å²) < 4.78 is 0. The predicted molar refractivity (Wildman–Crippen MR) is 74.3 cm³/mol. The molecule has 1 aromatic carbocycles. The molecular formula is C16H23NO. The Balaban J connectivity index is 2.08. The minimum Gasteiger partial charge on any atom is -0.339 e. The summed E-state index contributed by atoms with van der Waals surface area (Å²) in [5, 5.41) is 0. The number of rotatable bonds is 3. The molecule has 0 bridgehead atoms. The lowest BCUT2D eigenvalue weighted by Gasteiger charge is -2.26. The van der Waals surface area contributed by atoms with E-state index in [1.807, 2.05) is 19.9 Å². The Morgan fingerprint density at radius 2 is 2.00 bits per heavy atom. The van der Waals surface area contributed by atoms with Crippen LogP contribution in [0.5, 0.6) is 0 Å². The van der Waals surface area contributed by atoms with Crippen molar-refractivity contribution in [3.63, 3.8) is 0 Å². The van der Waals surface area contributed by atoms with Crippen LogP contribution in [-0.2, 0) is 11.2 Å². The van der Waals surface area contributed by atoms with E-state index in [-0.39, 0.29) is 5.92 Å². The van der Waals surface area contributed by atoms with Crippen LogP contribution in [-0.4, -0.2) is 23.4 Å². The maximum Gasteiger partial charge on any atom is 0.225 e. The fourth-order valence-corrected chi connectivity index (χ4v) is 2.83. The molecule has 0 aromatic heterocycles. The van der Waals surface area contributed by atoms with E-state index >= 15 is 0 Å². The third-order valence-electron chi connectivity index (χ3n) is 3.71. The summed E-state index contributed by atoms with van der Waals surface area (Å²) in [5.74, 6) is 1.04. The number of hydrogen-bond acceptors (Lipinski definition) is 1. The second-order valence-electron chi connectivity index (χ2n) is 5.83. The van der Waals surface area contributed by atoms with Crippen LogP contribution in [0, 0.1) is 11.8 Å². The second-order valence-corrected chi connectivity index (χ2v) is 5.83. The first-order valence-electron chi connectivity index (χ1n) is 6.92. The van der Waals surface area contributed by atoms with Gasteiger partial charge in [-0.05, 0) is 24.3 Å². The van der Waals surface area contributed by atoms with Gasteiger partial charge < -0.3 is 4.90 Å². The monoisotopic (exact) mass is 245 g/mol. The van der Waals surface area contributed by atoms with E-state index < -0.39 is 0 Å². The lowest BCUT2D eigenvalue weighted by Crippen LogP contribution is -2.39. The van der Waals surface area contributed by atoms with Crippen LogP contribution >= 0.6 is 0 Å². The molecule has 0 saturated carbocycles. The Hall–Kier alpha value is -1.31. The summed E-state index contributed by atoms with van der Waals surface area (Å²) >= 11 is 0. The molecule has 0 aliphatic carbocycles. The van der Waals surface area contributed by atoms with Gasteiger partial charge in [0.05, 0.1) is 0 Å². The number of nitrogens with zero attached hydrogens (tertiary/aromatic N) is 1. The number of benzene rings is 1. The van der Waals surface area contributed by atoms with E-state index in [4.69, 9.17) is 0 Å². The Kier molecular flexibility index (Phi) is 4.05. The van der Waals surface area contributed by atoms with Gasteiger partial charge in [-0.2, -0.15) is 0 Å². The normalized spacial score (nSPS) is 23.7. The number of carbonyl (C=O) groups excluding carboxylic acids is 1. The van der Waals surface area contributed by atoms with E-state index in [0.717, 1.165) is 19.4 Å². The summed E-state index contributed by atoms with van der Waals surface area (Å²) in [6, 6.07) is 10.9. The lowest BCUT2D eigenvalue weighted by molar-refractivity contribution is -0.135. The lowest BCUT2D eigenvalue weighted by atomic mass is 10.0. The molecule has 1 amide bonds. The van der Waals surface area contributed by atoms with Crippen molar-refractivity contribution >= 4 is 5.91 Å². The van der Waals surface area contributed by atoms with E-state index in [1.165, 1.54) is 5.56 Å². The minimum absolute atomic E-state index is 0.105. The van der Waals surface area contributed by atoms with Gasteiger partial charge in [-0.1, -0.05) is 51.1 Å². The molecule has 1 aliphatic rings. The van der Waals surface area contributed by atoms with Crippen molar-refractivity contribution in [2.45, 2.75) is 39.7 Å². The quantitative estimate of drug-likeness (QED) is 0.801. The molecule has 2 atom stereocenters. The van der Waals surface area contributed by atoms with E-state index in [0.29, 0.717) is 17.9 Å². The van der Waals surface area contributed by atoms with Crippen LogP contribution in [0.25, 0.3) is 0 Å². The fraction of sp³-hybridized carbons (Fsp3) is 0.562. The molecule has 18 heavy (non-hydrogen) atoms. The highest BCUT2D eigenvalue weighted by Crippen LogP contribution is 2.27. The molecule has 0 N–H and O–H groups in total. The maximum absolute atomic E-state index is 12.2. The van der Waals surface area contributed by atoms with Crippen molar-refractivity contribution in [2.75, 3.05) is 6.54 Å². The fourth-order valence-electron chi connectivity index (χ4n) is 2.83. The molecule has 1 aliphatic heterocycles. The van der Waals surface area contributed by atoms with Crippen LogP contribution in [0.4, 0.5) is 0 Å². The Morgan fingerprint density at radius 1 is 1.33 bits per heavy atom. The Morgan fingerprint density at radius 3 is 2.61 bits per heavy atom. The van der Waals surface area contributed by atoms with Gasteiger partial charge in [0, 0.05) is 18.5 Å². The van der Waals surface area contributed by atoms with Crippen molar-refractivity contribution in [1.29, 1.82) is 0 Å².